The summed E-state index contributed by atoms with van der Waals surface area (Å²) >= 11 is 12.5. The number of rotatable bonds is 7. The average Bonchev–Trinajstić information content (AvgIpc) is 2.71. The Morgan fingerprint density at radius 2 is 1.90 bits per heavy atom. The summed E-state index contributed by atoms with van der Waals surface area (Å²) < 4.78 is 0. The minimum absolute atomic E-state index is 0.0261. The van der Waals surface area contributed by atoms with Crippen LogP contribution in [0.1, 0.15) is 56.2 Å². The van der Waals surface area contributed by atoms with Gasteiger partial charge in [0.15, 0.2) is 0 Å². The molecule has 2 aromatic carbocycles. The number of carbonyl (C=O) groups excluding carboxylic acids is 1. The maximum atomic E-state index is 13.8. The van der Waals surface area contributed by atoms with Crippen LogP contribution in [0.25, 0.3) is 0 Å². The number of halogens is 2. The highest BCUT2D eigenvalue weighted by atomic mass is 35.5. The quantitative estimate of drug-likeness (QED) is 0.500. The Balaban J connectivity index is 2.19. The van der Waals surface area contributed by atoms with Crippen molar-refractivity contribution in [2.24, 2.45) is 5.41 Å². The molecule has 3 nitrogen and oxygen atoms in total. The van der Waals surface area contributed by atoms with E-state index in [1.807, 2.05) is 67.3 Å². The Bertz CT molecular complexity index is 898. The van der Waals surface area contributed by atoms with Crippen molar-refractivity contribution in [3.63, 3.8) is 0 Å². The van der Waals surface area contributed by atoms with Crippen LogP contribution in [-0.2, 0) is 4.79 Å². The zero-order valence-corrected chi connectivity index (χ0v) is 19.0. The molecule has 0 unspecified atom stereocenters. The van der Waals surface area contributed by atoms with Crippen molar-refractivity contribution in [3.05, 3.63) is 82.4 Å². The Labute approximate surface area is 189 Å². The molecule has 0 radical (unpaired) electrons. The van der Waals surface area contributed by atoms with Gasteiger partial charge in [-0.1, -0.05) is 60.5 Å². The third kappa shape index (κ3) is 4.59. The second kappa shape index (κ2) is 9.55. The van der Waals surface area contributed by atoms with Gasteiger partial charge in [0.25, 0.3) is 0 Å². The first-order valence-corrected chi connectivity index (χ1v) is 11.1. The molecular weight excluding hydrogens is 417 g/mol. The van der Waals surface area contributed by atoms with Gasteiger partial charge in [0.05, 0.1) is 11.5 Å². The van der Waals surface area contributed by atoms with E-state index in [9.17, 15) is 9.90 Å². The van der Waals surface area contributed by atoms with Crippen molar-refractivity contribution >= 4 is 29.1 Å². The van der Waals surface area contributed by atoms with Crippen molar-refractivity contribution in [3.8, 4) is 0 Å². The first kappa shape index (κ1) is 22.9. The average molecular weight is 446 g/mol. The third-order valence-corrected chi connectivity index (χ3v) is 6.69. The van der Waals surface area contributed by atoms with Crippen molar-refractivity contribution in [2.75, 3.05) is 6.61 Å². The summed E-state index contributed by atoms with van der Waals surface area (Å²) in [5.74, 6) is 0.148. The van der Waals surface area contributed by atoms with E-state index >= 15 is 0 Å². The topological polar surface area (TPSA) is 40.5 Å². The second-order valence-electron chi connectivity index (χ2n) is 8.49. The molecule has 1 fully saturated rings. The number of amides is 1. The monoisotopic (exact) mass is 445 g/mol. The van der Waals surface area contributed by atoms with Crippen LogP contribution in [0.4, 0.5) is 0 Å². The molecule has 0 saturated carbocycles. The maximum Gasteiger partial charge on any atom is 0.229 e. The molecule has 1 aliphatic heterocycles. The summed E-state index contributed by atoms with van der Waals surface area (Å²) in [6, 6.07) is 15.3. The van der Waals surface area contributed by atoms with Crippen LogP contribution in [0.5, 0.6) is 0 Å². The van der Waals surface area contributed by atoms with Crippen LogP contribution in [-0.4, -0.2) is 28.6 Å². The molecule has 2 aromatic rings. The van der Waals surface area contributed by atoms with Crippen LogP contribution in [0.3, 0.4) is 0 Å². The molecule has 30 heavy (non-hydrogen) atoms. The van der Waals surface area contributed by atoms with E-state index in [0.717, 1.165) is 11.1 Å². The van der Waals surface area contributed by atoms with E-state index in [0.29, 0.717) is 29.3 Å². The standard InChI is InChI=1S/C25H29Cl2NO2/c1-4-13-25(3)16-22(19-6-5-7-21(27)15-19)23(18-8-10-20(26)11-9-18)28(24(25)30)17(2)12-14-29/h4-11,15,17,22-23,29H,1,12-14,16H2,2-3H3/t17-,22+,23+,25-/m0/s1. The maximum absolute atomic E-state index is 13.8. The number of aliphatic hydroxyl groups is 1. The zero-order chi connectivity index (χ0) is 21.9. The molecule has 1 heterocycles. The van der Waals surface area contributed by atoms with Crippen LogP contribution >= 0.6 is 23.2 Å². The molecule has 0 aliphatic carbocycles. The lowest BCUT2D eigenvalue weighted by molar-refractivity contribution is -0.154. The second-order valence-corrected chi connectivity index (χ2v) is 9.36. The fourth-order valence-electron chi connectivity index (χ4n) is 4.70. The van der Waals surface area contributed by atoms with E-state index in [1.54, 1.807) is 0 Å². The highest BCUT2D eigenvalue weighted by Crippen LogP contribution is 2.52. The van der Waals surface area contributed by atoms with Gasteiger partial charge in [-0.25, -0.2) is 0 Å². The molecule has 3 rings (SSSR count). The van der Waals surface area contributed by atoms with Gasteiger partial charge in [-0.15, -0.1) is 6.58 Å². The van der Waals surface area contributed by atoms with E-state index < -0.39 is 5.41 Å². The van der Waals surface area contributed by atoms with Gasteiger partial charge in [-0.2, -0.15) is 0 Å². The van der Waals surface area contributed by atoms with Gasteiger partial charge in [-0.3, -0.25) is 4.79 Å². The number of aliphatic hydroxyl groups excluding tert-OH is 1. The summed E-state index contributed by atoms with van der Waals surface area (Å²) in [5, 5.41) is 10.9. The predicted octanol–water partition coefficient (Wildman–Crippen LogP) is 6.40. The number of hydrogen-bond acceptors (Lipinski definition) is 2. The number of likely N-dealkylation sites (tertiary alicyclic amines) is 1. The highest BCUT2D eigenvalue weighted by Gasteiger charge is 2.50. The van der Waals surface area contributed by atoms with Crippen molar-refractivity contribution in [1.82, 2.24) is 4.90 Å². The third-order valence-electron chi connectivity index (χ3n) is 6.21. The Morgan fingerprint density at radius 3 is 2.50 bits per heavy atom. The van der Waals surface area contributed by atoms with Gasteiger partial charge in [0, 0.05) is 28.6 Å². The van der Waals surface area contributed by atoms with Gasteiger partial charge < -0.3 is 10.0 Å². The van der Waals surface area contributed by atoms with Gasteiger partial charge in [0.2, 0.25) is 5.91 Å². The van der Waals surface area contributed by atoms with Crippen LogP contribution in [0.15, 0.2) is 61.2 Å². The molecule has 1 N–H and O–H groups in total. The Kier molecular flexibility index (Phi) is 7.28. The lowest BCUT2D eigenvalue weighted by Gasteiger charge is -2.51. The fourth-order valence-corrected chi connectivity index (χ4v) is 5.02. The minimum Gasteiger partial charge on any atom is -0.396 e. The Hall–Kier alpha value is -1.81. The summed E-state index contributed by atoms with van der Waals surface area (Å²) in [6.07, 6.45) is 3.62. The summed E-state index contributed by atoms with van der Waals surface area (Å²) in [6.45, 7) is 7.94. The van der Waals surface area contributed by atoms with Crippen LogP contribution < -0.4 is 0 Å². The van der Waals surface area contributed by atoms with Crippen molar-refractivity contribution in [2.45, 2.75) is 51.1 Å². The molecular formula is C25H29Cl2NO2. The van der Waals surface area contributed by atoms with Crippen molar-refractivity contribution in [1.29, 1.82) is 0 Å². The number of carbonyl (C=O) groups is 1. The lowest BCUT2D eigenvalue weighted by atomic mass is 9.67. The largest absolute Gasteiger partial charge is 0.396 e. The Morgan fingerprint density at radius 1 is 1.20 bits per heavy atom. The van der Waals surface area contributed by atoms with E-state index in [2.05, 4.69) is 12.6 Å². The van der Waals surface area contributed by atoms with Crippen LogP contribution in [0.2, 0.25) is 10.0 Å². The molecule has 160 valence electrons. The summed E-state index contributed by atoms with van der Waals surface area (Å²) in [5.41, 5.74) is 1.57. The van der Waals surface area contributed by atoms with E-state index in [4.69, 9.17) is 23.2 Å². The molecule has 5 heteroatoms. The first-order chi connectivity index (χ1) is 14.3. The van der Waals surface area contributed by atoms with Gasteiger partial charge >= 0.3 is 0 Å². The number of allylic oxidation sites excluding steroid dienone is 1. The predicted molar refractivity (Wildman–Crippen MR) is 124 cm³/mol. The first-order valence-electron chi connectivity index (χ1n) is 10.4. The smallest absolute Gasteiger partial charge is 0.229 e. The summed E-state index contributed by atoms with van der Waals surface area (Å²) in [4.78, 5) is 15.8. The molecule has 1 amide bonds. The molecule has 1 saturated heterocycles. The van der Waals surface area contributed by atoms with E-state index in [1.165, 1.54) is 0 Å². The number of piperidine rings is 1. The fraction of sp³-hybridized carbons (Fsp3) is 0.400. The van der Waals surface area contributed by atoms with Crippen LogP contribution in [0, 0.1) is 5.41 Å². The minimum atomic E-state index is -0.568. The SMILES string of the molecule is C=CC[C@@]1(C)C[C@H](c2cccc(Cl)c2)[C@@H](c2ccc(Cl)cc2)N([C@@H](C)CCO)C1=O. The molecule has 0 bridgehead atoms. The number of hydrogen-bond donors (Lipinski definition) is 1. The van der Waals surface area contributed by atoms with Crippen molar-refractivity contribution < 1.29 is 9.90 Å². The van der Waals surface area contributed by atoms with Gasteiger partial charge in [0.1, 0.15) is 0 Å². The molecule has 4 atom stereocenters. The molecule has 0 spiro atoms. The number of benzene rings is 2. The number of nitrogens with zero attached hydrogens (tertiary/aromatic N) is 1. The van der Waals surface area contributed by atoms with Gasteiger partial charge in [-0.05, 0) is 61.6 Å². The lowest BCUT2D eigenvalue weighted by Crippen LogP contribution is -2.55. The summed E-state index contributed by atoms with van der Waals surface area (Å²) in [7, 11) is 0. The molecule has 1 aliphatic rings. The van der Waals surface area contributed by atoms with E-state index in [-0.39, 0.29) is 30.5 Å². The zero-order valence-electron chi connectivity index (χ0n) is 17.5. The molecule has 0 aromatic heterocycles. The normalized spacial score (nSPS) is 25.2. The highest BCUT2D eigenvalue weighted by molar-refractivity contribution is 6.30.